The zero-order valence-electron chi connectivity index (χ0n) is 9.62. The van der Waals surface area contributed by atoms with Crippen LogP contribution in [-0.4, -0.2) is 54.3 Å². The second kappa shape index (κ2) is 7.78. The van der Waals surface area contributed by atoms with Crippen LogP contribution in [0.4, 0.5) is 17.8 Å². The summed E-state index contributed by atoms with van der Waals surface area (Å²) in [5.41, 5.74) is 15.4. The first-order valence-electron chi connectivity index (χ1n) is 4.65. The van der Waals surface area contributed by atoms with E-state index in [0.29, 0.717) is 0 Å². The number of hydrogen-bond donors (Lipinski definition) is 7. The number of aromatic nitrogens is 3. The van der Waals surface area contributed by atoms with Crippen molar-refractivity contribution in [2.45, 2.75) is 6.10 Å². The van der Waals surface area contributed by atoms with Crippen LogP contribution in [0.5, 0.6) is 0 Å². The van der Waals surface area contributed by atoms with Gasteiger partial charge in [0.1, 0.15) is 6.10 Å². The second-order valence-corrected chi connectivity index (χ2v) is 4.27. The lowest BCUT2D eigenvalue weighted by Gasteiger charge is -2.07. The fraction of sp³-hybridized carbons (Fsp3) is 0.500. The molecule has 0 aliphatic rings. The summed E-state index contributed by atoms with van der Waals surface area (Å²) >= 11 is 0. The third-order valence-electron chi connectivity index (χ3n) is 1.33. The molecule has 1 unspecified atom stereocenters. The first-order valence-corrected chi connectivity index (χ1v) is 6.18. The molecule has 0 bridgehead atoms. The van der Waals surface area contributed by atoms with Crippen LogP contribution in [-0.2, 0) is 9.09 Å². The van der Waals surface area contributed by atoms with Gasteiger partial charge in [-0.3, -0.25) is 4.52 Å². The Hall–Kier alpha value is -1.56. The van der Waals surface area contributed by atoms with Crippen molar-refractivity contribution in [2.24, 2.45) is 0 Å². The van der Waals surface area contributed by atoms with E-state index in [0.717, 1.165) is 0 Å². The van der Waals surface area contributed by atoms with Crippen LogP contribution in [0.3, 0.4) is 0 Å². The van der Waals surface area contributed by atoms with Gasteiger partial charge in [-0.1, -0.05) is 0 Å². The van der Waals surface area contributed by atoms with Crippen LogP contribution in [0.15, 0.2) is 0 Å². The van der Waals surface area contributed by atoms with Gasteiger partial charge in [0, 0.05) is 0 Å². The molecule has 0 amide bonds. The Balaban J connectivity index is 0.000000342. The maximum atomic E-state index is 9.93. The standard InChI is InChI=1S/C3H6N6.C3H9O6P/c4-1-7-2(5)9-3(6)8-1;4-1-3(5)2-9-10(6,7)8/h(H6,4,5,6,7,8,9);3-5H,1-2H2,(H2,6,7,8). The van der Waals surface area contributed by atoms with Gasteiger partial charge in [0.2, 0.25) is 17.8 Å². The molecular formula is C6H15N6O6P. The van der Waals surface area contributed by atoms with Crippen LogP contribution >= 0.6 is 7.82 Å². The van der Waals surface area contributed by atoms with E-state index >= 15 is 0 Å². The Morgan fingerprint density at radius 2 is 1.47 bits per heavy atom. The maximum absolute atomic E-state index is 9.93. The van der Waals surface area contributed by atoms with Gasteiger partial charge in [0.15, 0.2) is 0 Å². The van der Waals surface area contributed by atoms with Gasteiger partial charge in [0.25, 0.3) is 0 Å². The number of phosphoric acid groups is 1. The molecule has 19 heavy (non-hydrogen) atoms. The molecule has 12 nitrogen and oxygen atoms in total. The van der Waals surface area contributed by atoms with Gasteiger partial charge in [-0.2, -0.15) is 15.0 Å². The van der Waals surface area contributed by atoms with E-state index in [9.17, 15) is 4.57 Å². The molecule has 13 heteroatoms. The fourth-order valence-electron chi connectivity index (χ4n) is 0.663. The van der Waals surface area contributed by atoms with E-state index in [2.05, 4.69) is 19.5 Å². The van der Waals surface area contributed by atoms with Crippen LogP contribution < -0.4 is 17.2 Å². The van der Waals surface area contributed by atoms with Crippen LogP contribution in [0, 0.1) is 0 Å². The Kier molecular flexibility index (Phi) is 7.14. The van der Waals surface area contributed by atoms with Crippen molar-refractivity contribution in [2.75, 3.05) is 30.4 Å². The summed E-state index contributed by atoms with van der Waals surface area (Å²) in [6.45, 7) is -1.15. The summed E-state index contributed by atoms with van der Waals surface area (Å²) in [7, 11) is -4.50. The van der Waals surface area contributed by atoms with Gasteiger partial charge in [-0.15, -0.1) is 0 Å². The number of anilines is 3. The van der Waals surface area contributed by atoms with Gasteiger partial charge in [-0.25, -0.2) is 4.57 Å². The molecule has 0 fully saturated rings. The van der Waals surface area contributed by atoms with E-state index in [4.69, 9.17) is 37.2 Å². The molecule has 0 aromatic carbocycles. The maximum Gasteiger partial charge on any atom is 0.469 e. The molecule has 0 spiro atoms. The first-order chi connectivity index (χ1) is 8.64. The molecule has 110 valence electrons. The molecule has 1 aromatic rings. The number of nitrogen functional groups attached to an aromatic ring is 3. The topological polar surface area (TPSA) is 224 Å². The van der Waals surface area contributed by atoms with Crippen molar-refractivity contribution in [3.8, 4) is 0 Å². The van der Waals surface area contributed by atoms with Crippen molar-refractivity contribution >= 4 is 25.7 Å². The minimum atomic E-state index is -4.50. The average molecular weight is 298 g/mol. The van der Waals surface area contributed by atoms with E-state index in [-0.39, 0.29) is 17.8 Å². The summed E-state index contributed by atoms with van der Waals surface area (Å²) in [6.07, 6.45) is -1.24. The Bertz CT molecular complexity index is 390. The summed E-state index contributed by atoms with van der Waals surface area (Å²) in [5.74, 6) is 0.125. The number of rotatable bonds is 4. The molecule has 1 aromatic heterocycles. The normalized spacial score (nSPS) is 12.4. The minimum absolute atomic E-state index is 0.0417. The van der Waals surface area contributed by atoms with Crippen molar-refractivity contribution in [3.63, 3.8) is 0 Å². The molecule has 1 atom stereocenters. The van der Waals surface area contributed by atoms with Crippen molar-refractivity contribution < 1.29 is 29.1 Å². The molecule has 0 saturated heterocycles. The Morgan fingerprint density at radius 1 is 1.11 bits per heavy atom. The molecule has 1 heterocycles. The number of aliphatic hydroxyl groups is 2. The summed E-state index contributed by atoms with van der Waals surface area (Å²) in [6, 6.07) is 0. The highest BCUT2D eigenvalue weighted by Gasteiger charge is 2.15. The second-order valence-electron chi connectivity index (χ2n) is 3.03. The summed E-state index contributed by atoms with van der Waals surface area (Å²) in [4.78, 5) is 26.6. The van der Waals surface area contributed by atoms with E-state index in [1.807, 2.05) is 0 Å². The minimum Gasteiger partial charge on any atom is -0.394 e. The highest BCUT2D eigenvalue weighted by molar-refractivity contribution is 7.46. The van der Waals surface area contributed by atoms with Crippen LogP contribution in [0.25, 0.3) is 0 Å². The van der Waals surface area contributed by atoms with E-state index < -0.39 is 27.1 Å². The highest BCUT2D eigenvalue weighted by atomic mass is 31.2. The van der Waals surface area contributed by atoms with E-state index in [1.54, 1.807) is 0 Å². The Labute approximate surface area is 107 Å². The number of nitrogens with zero attached hydrogens (tertiary/aromatic N) is 3. The lowest BCUT2D eigenvalue weighted by molar-refractivity contribution is 0.0419. The monoisotopic (exact) mass is 298 g/mol. The molecule has 1 rings (SSSR count). The first kappa shape index (κ1) is 17.4. The zero-order chi connectivity index (χ0) is 15.1. The highest BCUT2D eigenvalue weighted by Crippen LogP contribution is 2.35. The fourth-order valence-corrected chi connectivity index (χ4v) is 1.03. The number of hydrogen-bond acceptors (Lipinski definition) is 10. The predicted octanol–water partition coefficient (Wildman–Crippen LogP) is -2.93. The number of aliphatic hydroxyl groups excluding tert-OH is 2. The van der Waals surface area contributed by atoms with Crippen molar-refractivity contribution in [1.82, 2.24) is 15.0 Å². The van der Waals surface area contributed by atoms with Crippen LogP contribution in [0.2, 0.25) is 0 Å². The van der Waals surface area contributed by atoms with Crippen LogP contribution in [0.1, 0.15) is 0 Å². The molecule has 0 aliphatic carbocycles. The molecule has 0 aliphatic heterocycles. The Morgan fingerprint density at radius 3 is 1.74 bits per heavy atom. The van der Waals surface area contributed by atoms with Crippen molar-refractivity contribution in [1.29, 1.82) is 0 Å². The third kappa shape index (κ3) is 10.1. The quantitative estimate of drug-likeness (QED) is 0.277. The lowest BCUT2D eigenvalue weighted by atomic mass is 10.4. The third-order valence-corrected chi connectivity index (χ3v) is 1.82. The molecule has 0 radical (unpaired) electrons. The molecule has 10 N–H and O–H groups in total. The van der Waals surface area contributed by atoms with Gasteiger partial charge >= 0.3 is 7.82 Å². The van der Waals surface area contributed by atoms with Gasteiger partial charge in [0.05, 0.1) is 13.2 Å². The SMILES string of the molecule is Nc1nc(N)nc(N)n1.O=P(O)(O)OCC(O)CO. The summed E-state index contributed by atoms with van der Waals surface area (Å²) < 4.78 is 13.8. The van der Waals surface area contributed by atoms with E-state index in [1.165, 1.54) is 0 Å². The summed E-state index contributed by atoms with van der Waals surface area (Å²) in [5, 5.41) is 16.7. The predicted molar refractivity (Wildman–Crippen MR) is 64.2 cm³/mol. The van der Waals surface area contributed by atoms with Crippen molar-refractivity contribution in [3.05, 3.63) is 0 Å². The zero-order valence-corrected chi connectivity index (χ0v) is 10.5. The van der Waals surface area contributed by atoms with Gasteiger partial charge in [-0.05, 0) is 0 Å². The largest absolute Gasteiger partial charge is 0.469 e. The number of phosphoric ester groups is 1. The lowest BCUT2D eigenvalue weighted by Crippen LogP contribution is -2.18. The molecule has 0 saturated carbocycles. The molecular weight excluding hydrogens is 283 g/mol. The number of nitrogens with two attached hydrogens (primary N) is 3. The smallest absolute Gasteiger partial charge is 0.394 e. The van der Waals surface area contributed by atoms with Gasteiger partial charge < -0.3 is 37.2 Å². The average Bonchev–Trinajstić information content (AvgIpc) is 2.23.